The van der Waals surface area contributed by atoms with Crippen LogP contribution in [0.3, 0.4) is 0 Å². The van der Waals surface area contributed by atoms with Crippen molar-refractivity contribution in [1.82, 2.24) is 5.32 Å². The van der Waals surface area contributed by atoms with E-state index in [2.05, 4.69) is 5.32 Å². The molecule has 2 unspecified atom stereocenters. The molecule has 2 aliphatic carbocycles. The van der Waals surface area contributed by atoms with Gasteiger partial charge in [0.1, 0.15) is 0 Å². The molecular weight excluding hydrogens is 266 g/mol. The van der Waals surface area contributed by atoms with Crippen LogP contribution >= 0.6 is 0 Å². The molecule has 2 fully saturated rings. The zero-order valence-electron chi connectivity index (χ0n) is 13.1. The summed E-state index contributed by atoms with van der Waals surface area (Å²) in [5.41, 5.74) is 0. The Balaban J connectivity index is 1.59. The lowest BCUT2D eigenvalue weighted by Gasteiger charge is -2.23. The van der Waals surface area contributed by atoms with E-state index in [9.17, 15) is 15.0 Å². The Morgan fingerprint density at radius 2 is 1.52 bits per heavy atom. The normalized spacial score (nSPS) is 31.6. The second-order valence-electron chi connectivity index (χ2n) is 6.95. The van der Waals surface area contributed by atoms with Crippen LogP contribution in [0.5, 0.6) is 0 Å². The van der Waals surface area contributed by atoms with Gasteiger partial charge in [0.25, 0.3) is 0 Å². The first-order valence-corrected chi connectivity index (χ1v) is 8.80. The van der Waals surface area contributed by atoms with E-state index in [1.54, 1.807) is 0 Å². The number of hydrogen-bond donors (Lipinski definition) is 3. The second kappa shape index (κ2) is 8.74. The van der Waals surface area contributed by atoms with Crippen LogP contribution in [0.25, 0.3) is 0 Å². The molecule has 1 amide bonds. The molecule has 2 rings (SSSR count). The third kappa shape index (κ3) is 5.95. The molecule has 2 saturated carbocycles. The largest absolute Gasteiger partial charge is 0.390 e. The molecule has 4 heteroatoms. The highest BCUT2D eigenvalue weighted by Crippen LogP contribution is 2.27. The molecular formula is C17H31NO3. The van der Waals surface area contributed by atoms with Crippen LogP contribution in [0.2, 0.25) is 0 Å². The number of aliphatic hydroxyl groups excluding tert-OH is 2. The Bertz CT molecular complexity index is 303. The van der Waals surface area contributed by atoms with Gasteiger partial charge >= 0.3 is 0 Å². The maximum absolute atomic E-state index is 11.9. The van der Waals surface area contributed by atoms with Crippen molar-refractivity contribution in [3.63, 3.8) is 0 Å². The van der Waals surface area contributed by atoms with Gasteiger partial charge in [0.2, 0.25) is 5.91 Å². The van der Waals surface area contributed by atoms with Crippen molar-refractivity contribution in [2.75, 3.05) is 0 Å². The van der Waals surface area contributed by atoms with Crippen molar-refractivity contribution in [2.45, 2.75) is 95.3 Å². The molecule has 0 aliphatic heterocycles. The molecule has 0 saturated heterocycles. The number of nitrogens with one attached hydrogen (secondary N) is 1. The monoisotopic (exact) mass is 297 g/mol. The summed E-state index contributed by atoms with van der Waals surface area (Å²) < 4.78 is 0. The molecule has 0 aromatic heterocycles. The number of amides is 1. The summed E-state index contributed by atoms with van der Waals surface area (Å²) in [7, 11) is 0. The fourth-order valence-corrected chi connectivity index (χ4v) is 3.73. The summed E-state index contributed by atoms with van der Waals surface area (Å²) in [4.78, 5) is 11.9. The molecule has 3 N–H and O–H groups in total. The van der Waals surface area contributed by atoms with Crippen molar-refractivity contribution in [1.29, 1.82) is 0 Å². The van der Waals surface area contributed by atoms with Crippen molar-refractivity contribution < 1.29 is 15.0 Å². The van der Waals surface area contributed by atoms with Gasteiger partial charge < -0.3 is 15.5 Å². The van der Waals surface area contributed by atoms with E-state index in [4.69, 9.17) is 0 Å². The molecule has 0 aromatic carbocycles. The Kier molecular flexibility index (Phi) is 6.97. The van der Waals surface area contributed by atoms with E-state index in [0.29, 0.717) is 31.2 Å². The summed E-state index contributed by atoms with van der Waals surface area (Å²) in [6, 6.07) is 0.412. The minimum absolute atomic E-state index is 0.204. The summed E-state index contributed by atoms with van der Waals surface area (Å²) >= 11 is 0. The quantitative estimate of drug-likeness (QED) is 0.683. The number of carbonyl (C=O) groups is 1. The van der Waals surface area contributed by atoms with Crippen molar-refractivity contribution in [3.05, 3.63) is 0 Å². The SMILES string of the molecule is O=C(CCCC1CCC(O)C(O)CC1)NC1CCCCC1. The van der Waals surface area contributed by atoms with Crippen LogP contribution in [0.15, 0.2) is 0 Å². The Hall–Kier alpha value is -0.610. The summed E-state index contributed by atoms with van der Waals surface area (Å²) in [5.74, 6) is 0.759. The van der Waals surface area contributed by atoms with E-state index in [1.807, 2.05) is 0 Å². The number of rotatable bonds is 5. The average Bonchev–Trinajstić information content (AvgIpc) is 2.64. The smallest absolute Gasteiger partial charge is 0.220 e. The summed E-state index contributed by atoms with van der Waals surface area (Å²) in [6.07, 6.45) is 10.9. The summed E-state index contributed by atoms with van der Waals surface area (Å²) in [5, 5.41) is 22.5. The van der Waals surface area contributed by atoms with Crippen molar-refractivity contribution >= 4 is 5.91 Å². The zero-order valence-corrected chi connectivity index (χ0v) is 13.1. The zero-order chi connectivity index (χ0) is 15.1. The van der Waals surface area contributed by atoms with Gasteiger partial charge in [-0.25, -0.2) is 0 Å². The Morgan fingerprint density at radius 3 is 2.14 bits per heavy atom. The van der Waals surface area contributed by atoms with Gasteiger partial charge in [-0.1, -0.05) is 19.3 Å². The standard InChI is InChI=1S/C17H31NO3/c19-15-11-9-13(10-12-16(15)20)5-4-8-17(21)18-14-6-2-1-3-7-14/h13-16,19-20H,1-12H2,(H,18,21). The maximum atomic E-state index is 11.9. The highest BCUT2D eigenvalue weighted by atomic mass is 16.3. The van der Waals surface area contributed by atoms with Gasteiger partial charge in [0.15, 0.2) is 0 Å². The molecule has 2 aliphatic rings. The first-order valence-electron chi connectivity index (χ1n) is 8.80. The van der Waals surface area contributed by atoms with E-state index in [-0.39, 0.29) is 5.91 Å². The Labute approximate surface area is 128 Å². The number of aliphatic hydroxyl groups is 2. The van der Waals surface area contributed by atoms with Crippen molar-refractivity contribution in [2.24, 2.45) is 5.92 Å². The van der Waals surface area contributed by atoms with Gasteiger partial charge in [-0.2, -0.15) is 0 Å². The van der Waals surface area contributed by atoms with Crippen LogP contribution < -0.4 is 5.32 Å². The van der Waals surface area contributed by atoms with Crippen LogP contribution in [0.1, 0.15) is 77.0 Å². The minimum Gasteiger partial charge on any atom is -0.390 e. The number of hydrogen-bond acceptors (Lipinski definition) is 3. The predicted molar refractivity (Wildman–Crippen MR) is 82.8 cm³/mol. The van der Waals surface area contributed by atoms with Gasteiger partial charge in [-0.3, -0.25) is 4.79 Å². The maximum Gasteiger partial charge on any atom is 0.220 e. The molecule has 0 aromatic rings. The Morgan fingerprint density at radius 1 is 0.905 bits per heavy atom. The average molecular weight is 297 g/mol. The van der Waals surface area contributed by atoms with E-state index < -0.39 is 12.2 Å². The molecule has 21 heavy (non-hydrogen) atoms. The second-order valence-corrected chi connectivity index (χ2v) is 6.95. The lowest BCUT2D eigenvalue weighted by molar-refractivity contribution is -0.122. The summed E-state index contributed by atoms with van der Waals surface area (Å²) in [6.45, 7) is 0. The van der Waals surface area contributed by atoms with Crippen LogP contribution in [0, 0.1) is 5.92 Å². The van der Waals surface area contributed by atoms with E-state index in [1.165, 1.54) is 19.3 Å². The van der Waals surface area contributed by atoms with Crippen LogP contribution in [-0.2, 0) is 4.79 Å². The van der Waals surface area contributed by atoms with E-state index in [0.717, 1.165) is 38.5 Å². The third-order valence-corrected chi connectivity index (χ3v) is 5.17. The molecule has 0 heterocycles. The third-order valence-electron chi connectivity index (χ3n) is 5.17. The molecule has 122 valence electrons. The first-order chi connectivity index (χ1) is 10.1. The highest BCUT2D eigenvalue weighted by Gasteiger charge is 2.24. The molecule has 0 radical (unpaired) electrons. The van der Waals surface area contributed by atoms with Gasteiger partial charge in [-0.05, 0) is 57.3 Å². The first kappa shape index (κ1) is 16.8. The molecule has 4 nitrogen and oxygen atoms in total. The lowest BCUT2D eigenvalue weighted by atomic mass is 9.93. The van der Waals surface area contributed by atoms with Gasteiger partial charge in [0.05, 0.1) is 12.2 Å². The van der Waals surface area contributed by atoms with Crippen LogP contribution in [0.4, 0.5) is 0 Å². The van der Waals surface area contributed by atoms with Crippen LogP contribution in [-0.4, -0.2) is 34.4 Å². The van der Waals surface area contributed by atoms with Gasteiger partial charge in [0, 0.05) is 12.5 Å². The topological polar surface area (TPSA) is 69.6 Å². The highest BCUT2D eigenvalue weighted by molar-refractivity contribution is 5.76. The van der Waals surface area contributed by atoms with E-state index >= 15 is 0 Å². The fourth-order valence-electron chi connectivity index (χ4n) is 3.73. The number of carbonyl (C=O) groups excluding carboxylic acids is 1. The predicted octanol–water partition coefficient (Wildman–Crippen LogP) is 2.52. The molecule has 0 bridgehead atoms. The molecule has 0 spiro atoms. The van der Waals surface area contributed by atoms with Crippen molar-refractivity contribution in [3.8, 4) is 0 Å². The van der Waals surface area contributed by atoms with Gasteiger partial charge in [-0.15, -0.1) is 0 Å². The minimum atomic E-state index is -0.551. The molecule has 2 atom stereocenters. The fraction of sp³-hybridized carbons (Fsp3) is 0.941. The lowest BCUT2D eigenvalue weighted by Crippen LogP contribution is -2.36.